The van der Waals surface area contributed by atoms with Crippen LogP contribution in [0.1, 0.15) is 25.1 Å². The average Bonchev–Trinajstić information content (AvgIpc) is 2.53. The van der Waals surface area contributed by atoms with Gasteiger partial charge in [0.05, 0.1) is 0 Å². The lowest BCUT2D eigenvalue weighted by molar-refractivity contribution is 0.253. The van der Waals surface area contributed by atoms with Crippen molar-refractivity contribution in [2.45, 2.75) is 37.2 Å². The number of H-pyrrole nitrogens is 1. The van der Waals surface area contributed by atoms with Crippen LogP contribution in [0.5, 0.6) is 0 Å². The van der Waals surface area contributed by atoms with E-state index in [4.69, 9.17) is 17.3 Å². The summed E-state index contributed by atoms with van der Waals surface area (Å²) < 4.78 is 2.84. The third kappa shape index (κ3) is 1.98. The number of nitrogens with one attached hydrogen (secondary N) is 1. The molecule has 2 rings (SSSR count). The molecule has 1 aliphatic carbocycles. The first-order valence-electron chi connectivity index (χ1n) is 5.01. The van der Waals surface area contributed by atoms with Crippen LogP contribution in [-0.2, 0) is 13.2 Å². The molecule has 0 bridgehead atoms. The largest absolute Gasteiger partial charge is 0.388 e. The van der Waals surface area contributed by atoms with E-state index in [1.807, 2.05) is 16.3 Å². The Balaban J connectivity index is 2.22. The van der Waals surface area contributed by atoms with Crippen LogP contribution in [0.2, 0.25) is 0 Å². The zero-order valence-corrected chi connectivity index (χ0v) is 10.3. The Hall–Kier alpha value is -0.330. The molecule has 1 aliphatic rings. The quantitative estimate of drug-likeness (QED) is 0.793. The first-order valence-corrected chi connectivity index (χ1v) is 6.64. The lowest BCUT2D eigenvalue weighted by Crippen LogP contribution is -2.38. The number of aromatic amines is 1. The molecule has 2 N–H and O–H groups in total. The summed E-state index contributed by atoms with van der Waals surface area (Å²) >= 11 is 7.05. The molecular weight excluding hydrogens is 230 g/mol. The van der Waals surface area contributed by atoms with Gasteiger partial charge in [0, 0.05) is 11.3 Å². The smallest absolute Gasteiger partial charge is 0.195 e. The number of aromatic nitrogens is 3. The van der Waals surface area contributed by atoms with Gasteiger partial charge in [-0.05, 0) is 31.3 Å². The Labute approximate surface area is 98.1 Å². The number of aliphatic hydroxyl groups excluding tert-OH is 1. The Kier molecular flexibility index (Phi) is 3.18. The summed E-state index contributed by atoms with van der Waals surface area (Å²) in [6, 6.07) is 0. The summed E-state index contributed by atoms with van der Waals surface area (Å²) in [7, 11) is 0. The first-order chi connectivity index (χ1) is 7.21. The van der Waals surface area contributed by atoms with E-state index in [0.29, 0.717) is 15.3 Å². The highest BCUT2D eigenvalue weighted by molar-refractivity contribution is 8.00. The van der Waals surface area contributed by atoms with E-state index in [1.165, 1.54) is 19.3 Å². The van der Waals surface area contributed by atoms with E-state index >= 15 is 0 Å². The normalized spacial score (nSPS) is 18.8. The number of rotatable bonds is 4. The molecular formula is C9H15N3OS2. The van der Waals surface area contributed by atoms with Crippen molar-refractivity contribution in [1.29, 1.82) is 0 Å². The Bertz CT molecular complexity index is 389. The van der Waals surface area contributed by atoms with E-state index in [9.17, 15) is 0 Å². The van der Waals surface area contributed by atoms with Gasteiger partial charge in [0.2, 0.25) is 0 Å². The minimum atomic E-state index is -0.0579. The summed E-state index contributed by atoms with van der Waals surface area (Å²) in [5.41, 5.74) is 0. The van der Waals surface area contributed by atoms with Crippen LogP contribution in [0.25, 0.3) is 0 Å². The highest BCUT2D eigenvalue weighted by Gasteiger charge is 2.37. The van der Waals surface area contributed by atoms with Gasteiger partial charge in [-0.2, -0.15) is 16.9 Å². The predicted octanol–water partition coefficient (Wildman–Crippen LogP) is 1.72. The molecule has 1 aromatic rings. The highest BCUT2D eigenvalue weighted by Crippen LogP contribution is 2.44. The number of thioether (sulfide) groups is 1. The number of aliphatic hydroxyl groups is 1. The third-order valence-corrected chi connectivity index (χ3v) is 4.84. The van der Waals surface area contributed by atoms with Gasteiger partial charge in [0.1, 0.15) is 6.61 Å². The topological polar surface area (TPSA) is 53.8 Å². The molecule has 1 saturated carbocycles. The second-order valence-electron chi connectivity index (χ2n) is 3.93. The Morgan fingerprint density at radius 3 is 2.87 bits per heavy atom. The van der Waals surface area contributed by atoms with Crippen LogP contribution >= 0.6 is 24.0 Å². The van der Waals surface area contributed by atoms with Crippen molar-refractivity contribution in [2.24, 2.45) is 0 Å². The summed E-state index contributed by atoms with van der Waals surface area (Å²) in [6.07, 6.45) is 5.89. The van der Waals surface area contributed by atoms with E-state index in [2.05, 4.69) is 16.5 Å². The highest BCUT2D eigenvalue weighted by atomic mass is 32.2. The van der Waals surface area contributed by atoms with Crippen molar-refractivity contribution in [3.63, 3.8) is 0 Å². The van der Waals surface area contributed by atoms with Crippen molar-refractivity contribution in [3.05, 3.63) is 10.6 Å². The zero-order valence-electron chi connectivity index (χ0n) is 8.69. The van der Waals surface area contributed by atoms with E-state index in [1.54, 1.807) is 0 Å². The van der Waals surface area contributed by atoms with Gasteiger partial charge >= 0.3 is 0 Å². The molecule has 0 spiro atoms. The van der Waals surface area contributed by atoms with Gasteiger partial charge in [-0.15, -0.1) is 0 Å². The van der Waals surface area contributed by atoms with Crippen LogP contribution in [-0.4, -0.2) is 30.9 Å². The Morgan fingerprint density at radius 1 is 1.67 bits per heavy atom. The summed E-state index contributed by atoms with van der Waals surface area (Å²) in [4.78, 5) is 0. The van der Waals surface area contributed by atoms with Crippen molar-refractivity contribution in [3.8, 4) is 0 Å². The standard InChI is InChI=1S/C9H15N3OS2/c1-15-9(3-2-4-9)6-12-7(5-13)10-11-8(12)14/h13H,2-6H2,1H3,(H,11,14). The van der Waals surface area contributed by atoms with Crippen LogP contribution in [0.4, 0.5) is 0 Å². The van der Waals surface area contributed by atoms with Gasteiger partial charge in [-0.25, -0.2) is 0 Å². The van der Waals surface area contributed by atoms with Crippen LogP contribution in [0, 0.1) is 4.77 Å². The Morgan fingerprint density at radius 2 is 2.40 bits per heavy atom. The van der Waals surface area contributed by atoms with Crippen molar-refractivity contribution < 1.29 is 5.11 Å². The SMILES string of the molecule is CSC1(Cn2c(CO)n[nH]c2=S)CCC1. The van der Waals surface area contributed by atoms with Gasteiger partial charge < -0.3 is 9.67 Å². The zero-order chi connectivity index (χ0) is 10.9. The molecule has 0 saturated heterocycles. The van der Waals surface area contributed by atoms with Crippen LogP contribution in [0.3, 0.4) is 0 Å². The van der Waals surface area contributed by atoms with Gasteiger partial charge in [-0.3, -0.25) is 5.10 Å². The fourth-order valence-electron chi connectivity index (χ4n) is 1.92. The molecule has 84 valence electrons. The summed E-state index contributed by atoms with van der Waals surface area (Å²) in [5, 5.41) is 15.9. The molecule has 4 nitrogen and oxygen atoms in total. The van der Waals surface area contributed by atoms with E-state index in [-0.39, 0.29) is 6.61 Å². The maximum Gasteiger partial charge on any atom is 0.195 e. The lowest BCUT2D eigenvalue weighted by Gasteiger charge is -2.40. The minimum absolute atomic E-state index is 0.0579. The van der Waals surface area contributed by atoms with Gasteiger partial charge in [0.25, 0.3) is 0 Å². The molecule has 0 aromatic carbocycles. The molecule has 1 heterocycles. The third-order valence-electron chi connectivity index (χ3n) is 3.12. The number of nitrogens with zero attached hydrogens (tertiary/aromatic N) is 2. The molecule has 0 radical (unpaired) electrons. The number of hydrogen-bond donors (Lipinski definition) is 2. The van der Waals surface area contributed by atoms with Gasteiger partial charge in [-0.1, -0.05) is 6.42 Å². The fraction of sp³-hybridized carbons (Fsp3) is 0.778. The molecule has 15 heavy (non-hydrogen) atoms. The second-order valence-corrected chi connectivity index (χ2v) is 5.59. The van der Waals surface area contributed by atoms with Crippen molar-refractivity contribution in [2.75, 3.05) is 6.26 Å². The molecule has 0 amide bonds. The predicted molar refractivity (Wildman–Crippen MR) is 63.4 cm³/mol. The summed E-state index contributed by atoms with van der Waals surface area (Å²) in [5.74, 6) is 0.639. The number of hydrogen-bond acceptors (Lipinski definition) is 4. The maximum absolute atomic E-state index is 9.14. The molecule has 0 aliphatic heterocycles. The summed E-state index contributed by atoms with van der Waals surface area (Å²) in [6.45, 7) is 0.803. The van der Waals surface area contributed by atoms with Gasteiger partial charge in [0.15, 0.2) is 10.6 Å². The maximum atomic E-state index is 9.14. The molecule has 6 heteroatoms. The van der Waals surface area contributed by atoms with E-state index in [0.717, 1.165) is 6.54 Å². The van der Waals surface area contributed by atoms with Crippen molar-refractivity contribution >= 4 is 24.0 Å². The minimum Gasteiger partial charge on any atom is -0.388 e. The molecule has 1 aromatic heterocycles. The van der Waals surface area contributed by atoms with Crippen LogP contribution in [0.15, 0.2) is 0 Å². The fourth-order valence-corrected chi connectivity index (χ4v) is 3.09. The second kappa shape index (κ2) is 4.27. The first kappa shape index (κ1) is 11.2. The molecule has 0 atom stereocenters. The molecule has 0 unspecified atom stereocenters. The van der Waals surface area contributed by atoms with Crippen LogP contribution < -0.4 is 0 Å². The molecule has 1 fully saturated rings. The van der Waals surface area contributed by atoms with E-state index < -0.39 is 0 Å². The van der Waals surface area contributed by atoms with Crippen molar-refractivity contribution in [1.82, 2.24) is 14.8 Å². The average molecular weight is 245 g/mol. The monoisotopic (exact) mass is 245 g/mol. The lowest BCUT2D eigenvalue weighted by atomic mass is 9.84.